The largest absolute Gasteiger partial charge is 0.493 e. The van der Waals surface area contributed by atoms with Crippen molar-refractivity contribution in [2.24, 2.45) is 0 Å². The van der Waals surface area contributed by atoms with E-state index in [9.17, 15) is 4.79 Å². The van der Waals surface area contributed by atoms with Crippen molar-refractivity contribution >= 4 is 17.4 Å². The van der Waals surface area contributed by atoms with E-state index in [1.807, 2.05) is 48.4 Å². The van der Waals surface area contributed by atoms with Gasteiger partial charge >= 0.3 is 0 Å². The van der Waals surface area contributed by atoms with Gasteiger partial charge in [-0.05, 0) is 73.6 Å². The Kier molecular flexibility index (Phi) is 6.24. The zero-order chi connectivity index (χ0) is 22.6. The van der Waals surface area contributed by atoms with Gasteiger partial charge in [-0.25, -0.2) is 4.98 Å². The zero-order valence-corrected chi connectivity index (χ0v) is 19.1. The molecule has 1 fully saturated rings. The van der Waals surface area contributed by atoms with Crippen molar-refractivity contribution in [1.82, 2.24) is 14.9 Å². The molecule has 0 spiro atoms. The van der Waals surface area contributed by atoms with Gasteiger partial charge in [0.1, 0.15) is 11.6 Å². The SMILES string of the molecule is Cc1cccnc1Nc1ccc([C@@H]2CCCN(C(=O)Cc3ccc4c(c3)CCCO4)C2)nc1. The summed E-state index contributed by atoms with van der Waals surface area (Å²) in [6.45, 7) is 4.37. The van der Waals surface area contributed by atoms with E-state index in [4.69, 9.17) is 9.72 Å². The maximum absolute atomic E-state index is 13.1. The molecule has 4 heterocycles. The Bertz CT molecular complexity index is 1130. The lowest BCUT2D eigenvalue weighted by Gasteiger charge is -2.32. The van der Waals surface area contributed by atoms with Crippen molar-refractivity contribution in [3.05, 3.63) is 77.2 Å². The van der Waals surface area contributed by atoms with Gasteiger partial charge in [0.2, 0.25) is 5.91 Å². The third kappa shape index (κ3) is 5.00. The van der Waals surface area contributed by atoms with Crippen molar-refractivity contribution in [3.63, 3.8) is 0 Å². The Morgan fingerprint density at radius 2 is 2.12 bits per heavy atom. The van der Waals surface area contributed by atoms with Crippen molar-refractivity contribution in [2.75, 3.05) is 25.0 Å². The number of hydrogen-bond donors (Lipinski definition) is 1. The summed E-state index contributed by atoms with van der Waals surface area (Å²) in [7, 11) is 0. The molecular weight excluding hydrogens is 412 g/mol. The van der Waals surface area contributed by atoms with Crippen LogP contribution in [0.5, 0.6) is 5.75 Å². The highest BCUT2D eigenvalue weighted by Gasteiger charge is 2.26. The van der Waals surface area contributed by atoms with Gasteiger partial charge in [-0.1, -0.05) is 18.2 Å². The van der Waals surface area contributed by atoms with E-state index in [0.717, 1.165) is 79.5 Å². The van der Waals surface area contributed by atoms with Crippen molar-refractivity contribution in [1.29, 1.82) is 0 Å². The van der Waals surface area contributed by atoms with Gasteiger partial charge in [0.15, 0.2) is 0 Å². The van der Waals surface area contributed by atoms with E-state index in [2.05, 4.69) is 22.4 Å². The van der Waals surface area contributed by atoms with Crippen LogP contribution in [0.3, 0.4) is 0 Å². The number of nitrogens with zero attached hydrogens (tertiary/aromatic N) is 3. The molecule has 170 valence electrons. The Balaban J connectivity index is 1.21. The molecule has 33 heavy (non-hydrogen) atoms. The van der Waals surface area contributed by atoms with E-state index in [1.165, 1.54) is 5.56 Å². The molecule has 1 saturated heterocycles. The number of piperidine rings is 1. The molecule has 0 radical (unpaired) electrons. The molecule has 1 atom stereocenters. The fourth-order valence-corrected chi connectivity index (χ4v) is 4.73. The minimum atomic E-state index is 0.195. The number of carbonyl (C=O) groups is 1. The van der Waals surface area contributed by atoms with E-state index in [-0.39, 0.29) is 11.8 Å². The van der Waals surface area contributed by atoms with Crippen LogP contribution in [-0.4, -0.2) is 40.5 Å². The number of ether oxygens (including phenoxy) is 1. The van der Waals surface area contributed by atoms with Crippen LogP contribution in [0.15, 0.2) is 54.9 Å². The number of likely N-dealkylation sites (tertiary alicyclic amines) is 1. The first kappa shape index (κ1) is 21.4. The predicted octanol–water partition coefficient (Wildman–Crippen LogP) is 4.80. The highest BCUT2D eigenvalue weighted by Crippen LogP contribution is 2.29. The fraction of sp³-hybridized carbons (Fsp3) is 0.370. The molecule has 6 nitrogen and oxygen atoms in total. The minimum absolute atomic E-state index is 0.195. The quantitative estimate of drug-likeness (QED) is 0.615. The van der Waals surface area contributed by atoms with Crippen molar-refractivity contribution < 1.29 is 9.53 Å². The first-order valence-electron chi connectivity index (χ1n) is 11.8. The van der Waals surface area contributed by atoms with E-state index < -0.39 is 0 Å². The summed E-state index contributed by atoms with van der Waals surface area (Å²) in [4.78, 5) is 24.2. The summed E-state index contributed by atoms with van der Waals surface area (Å²) >= 11 is 0. The second-order valence-electron chi connectivity index (χ2n) is 9.02. The number of carbonyl (C=O) groups excluding carboxylic acids is 1. The number of amides is 1. The van der Waals surface area contributed by atoms with Crippen LogP contribution in [0.1, 0.15) is 47.6 Å². The number of aromatic nitrogens is 2. The maximum atomic E-state index is 13.1. The second kappa shape index (κ2) is 9.61. The summed E-state index contributed by atoms with van der Waals surface area (Å²) in [6.07, 6.45) is 8.21. The number of benzene rings is 1. The van der Waals surface area contributed by atoms with Crippen LogP contribution < -0.4 is 10.1 Å². The first-order valence-corrected chi connectivity index (χ1v) is 11.8. The van der Waals surface area contributed by atoms with Crippen LogP contribution >= 0.6 is 0 Å². The summed E-state index contributed by atoms with van der Waals surface area (Å²) in [5.41, 5.74) is 5.35. The lowest BCUT2D eigenvalue weighted by molar-refractivity contribution is -0.131. The lowest BCUT2D eigenvalue weighted by Crippen LogP contribution is -2.40. The summed E-state index contributed by atoms with van der Waals surface area (Å²) < 4.78 is 5.70. The third-order valence-corrected chi connectivity index (χ3v) is 6.58. The molecule has 1 amide bonds. The molecule has 2 aliphatic rings. The smallest absolute Gasteiger partial charge is 0.227 e. The standard InChI is InChI=1S/C27H30N4O2/c1-19-5-2-12-28-27(19)30-23-9-10-24(29-17-23)22-6-3-13-31(18-22)26(32)16-20-8-11-25-21(15-20)7-4-14-33-25/h2,5,8-12,15,17,22H,3-4,6-7,13-14,16,18H2,1H3,(H,28,30)/t22-/m1/s1. The second-order valence-corrected chi connectivity index (χ2v) is 9.02. The monoisotopic (exact) mass is 442 g/mol. The Labute approximate surface area is 195 Å². The highest BCUT2D eigenvalue weighted by molar-refractivity contribution is 5.79. The third-order valence-electron chi connectivity index (χ3n) is 6.58. The van der Waals surface area contributed by atoms with Gasteiger partial charge in [0.05, 0.1) is 24.9 Å². The molecule has 6 heteroatoms. The highest BCUT2D eigenvalue weighted by atomic mass is 16.5. The first-order chi connectivity index (χ1) is 16.2. The summed E-state index contributed by atoms with van der Waals surface area (Å²) in [5, 5.41) is 3.33. The maximum Gasteiger partial charge on any atom is 0.227 e. The number of anilines is 2. The number of rotatable bonds is 5. The molecule has 3 aromatic rings. The van der Waals surface area contributed by atoms with Crippen LogP contribution in [0.4, 0.5) is 11.5 Å². The Morgan fingerprint density at radius 3 is 2.97 bits per heavy atom. The van der Waals surface area contributed by atoms with E-state index >= 15 is 0 Å². The van der Waals surface area contributed by atoms with Gasteiger partial charge in [0.25, 0.3) is 0 Å². The lowest BCUT2D eigenvalue weighted by atomic mass is 9.93. The average Bonchev–Trinajstić information content (AvgIpc) is 2.86. The molecule has 2 aromatic heterocycles. The molecule has 0 aliphatic carbocycles. The normalized spacial score (nSPS) is 17.7. The van der Waals surface area contributed by atoms with Crippen molar-refractivity contribution in [3.8, 4) is 5.75 Å². The summed E-state index contributed by atoms with van der Waals surface area (Å²) in [6, 6.07) is 14.3. The van der Waals surface area contributed by atoms with Gasteiger partial charge < -0.3 is 15.0 Å². The summed E-state index contributed by atoms with van der Waals surface area (Å²) in [5.74, 6) is 2.28. The molecule has 0 unspecified atom stereocenters. The van der Waals surface area contributed by atoms with Gasteiger partial charge in [-0.3, -0.25) is 9.78 Å². The zero-order valence-electron chi connectivity index (χ0n) is 19.1. The number of hydrogen-bond acceptors (Lipinski definition) is 5. The van der Waals surface area contributed by atoms with Crippen LogP contribution in [0.25, 0.3) is 0 Å². The number of pyridine rings is 2. The van der Waals surface area contributed by atoms with Crippen molar-refractivity contribution in [2.45, 2.75) is 44.9 Å². The predicted molar refractivity (Wildman–Crippen MR) is 129 cm³/mol. The van der Waals surface area contributed by atoms with Gasteiger partial charge in [-0.15, -0.1) is 0 Å². The molecule has 1 aromatic carbocycles. The van der Waals surface area contributed by atoms with Crippen LogP contribution in [0.2, 0.25) is 0 Å². The average molecular weight is 443 g/mol. The number of nitrogens with one attached hydrogen (secondary N) is 1. The van der Waals surface area contributed by atoms with E-state index in [0.29, 0.717) is 6.42 Å². The van der Waals surface area contributed by atoms with Crippen LogP contribution in [0, 0.1) is 6.92 Å². The Morgan fingerprint density at radius 1 is 1.18 bits per heavy atom. The van der Waals surface area contributed by atoms with Crippen LogP contribution in [-0.2, 0) is 17.6 Å². The number of aryl methyl sites for hydroxylation is 2. The number of fused-ring (bicyclic) bond motifs is 1. The minimum Gasteiger partial charge on any atom is -0.493 e. The molecule has 5 rings (SSSR count). The molecular formula is C27H30N4O2. The molecule has 0 saturated carbocycles. The van der Waals surface area contributed by atoms with Gasteiger partial charge in [0, 0.05) is 30.9 Å². The van der Waals surface area contributed by atoms with E-state index in [1.54, 1.807) is 6.20 Å². The topological polar surface area (TPSA) is 67.4 Å². The molecule has 0 bridgehead atoms. The molecule has 2 aliphatic heterocycles. The van der Waals surface area contributed by atoms with Gasteiger partial charge in [-0.2, -0.15) is 0 Å². The Hall–Kier alpha value is -3.41. The molecule has 1 N–H and O–H groups in total. The fourth-order valence-electron chi connectivity index (χ4n) is 4.73.